The van der Waals surface area contributed by atoms with Crippen LogP contribution in [0.25, 0.3) is 0 Å². The number of rotatable bonds is 5. The third-order valence-electron chi connectivity index (χ3n) is 3.41. The zero-order valence-corrected chi connectivity index (χ0v) is 12.7. The summed E-state index contributed by atoms with van der Waals surface area (Å²) < 4.78 is 0. The van der Waals surface area contributed by atoms with Crippen molar-refractivity contribution in [2.45, 2.75) is 33.4 Å². The number of anilines is 1. The first-order valence-electron chi connectivity index (χ1n) is 7.07. The van der Waals surface area contributed by atoms with E-state index in [4.69, 9.17) is 0 Å². The highest BCUT2D eigenvalue weighted by atomic mass is 16.2. The molecular formula is C17H21N3O. The van der Waals surface area contributed by atoms with Crippen molar-refractivity contribution in [1.82, 2.24) is 10.3 Å². The van der Waals surface area contributed by atoms with Crippen molar-refractivity contribution in [2.24, 2.45) is 0 Å². The average molecular weight is 283 g/mol. The Morgan fingerprint density at radius 3 is 2.57 bits per heavy atom. The van der Waals surface area contributed by atoms with E-state index >= 15 is 0 Å². The molecule has 4 heteroatoms. The van der Waals surface area contributed by atoms with Crippen molar-refractivity contribution in [2.75, 3.05) is 5.32 Å². The summed E-state index contributed by atoms with van der Waals surface area (Å²) in [6.07, 6.45) is 1.76. The van der Waals surface area contributed by atoms with E-state index in [1.54, 1.807) is 6.20 Å². The molecule has 2 N–H and O–H groups in total. The van der Waals surface area contributed by atoms with E-state index in [-0.39, 0.29) is 11.9 Å². The molecule has 2 aromatic rings. The molecule has 0 saturated carbocycles. The summed E-state index contributed by atoms with van der Waals surface area (Å²) in [5.74, 6) is -0.0487. The van der Waals surface area contributed by atoms with Gasteiger partial charge in [0.05, 0.1) is 11.7 Å². The highest BCUT2D eigenvalue weighted by Gasteiger charge is 2.13. The first-order chi connectivity index (χ1) is 10.1. The summed E-state index contributed by atoms with van der Waals surface area (Å²) in [4.78, 5) is 16.4. The third kappa shape index (κ3) is 4.39. The predicted molar refractivity (Wildman–Crippen MR) is 85.1 cm³/mol. The fourth-order valence-corrected chi connectivity index (χ4v) is 1.93. The number of carbonyl (C=O) groups is 1. The van der Waals surface area contributed by atoms with E-state index in [9.17, 15) is 4.79 Å². The fourth-order valence-electron chi connectivity index (χ4n) is 1.93. The molecule has 1 atom stereocenters. The molecule has 1 aromatic heterocycles. The molecule has 21 heavy (non-hydrogen) atoms. The Kier molecular flexibility index (Phi) is 5.06. The van der Waals surface area contributed by atoms with Gasteiger partial charge < -0.3 is 10.6 Å². The maximum atomic E-state index is 12.1. The van der Waals surface area contributed by atoms with E-state index in [2.05, 4.69) is 15.6 Å². The second kappa shape index (κ2) is 6.99. The topological polar surface area (TPSA) is 54.0 Å². The largest absolute Gasteiger partial charge is 0.325 e. The lowest BCUT2D eigenvalue weighted by atomic mass is 10.2. The Balaban J connectivity index is 1.88. The number of aryl methyl sites for hydroxylation is 2. The standard InChI is InChI=1S/C17H21N3O/c1-12-6-8-15(9-7-12)20-17(21)14(3)19-11-16-13(2)5-4-10-18-16/h4-10,14,19H,11H2,1-3H3,(H,20,21). The normalized spacial score (nSPS) is 12.0. The van der Waals surface area contributed by atoms with Gasteiger partial charge in [0.1, 0.15) is 0 Å². The number of hydrogen-bond acceptors (Lipinski definition) is 3. The molecule has 0 aliphatic carbocycles. The number of pyridine rings is 1. The SMILES string of the molecule is Cc1ccc(NC(=O)C(C)NCc2ncccc2C)cc1. The number of nitrogens with one attached hydrogen (secondary N) is 2. The first kappa shape index (κ1) is 15.2. The van der Waals surface area contributed by atoms with Gasteiger partial charge in [-0.2, -0.15) is 0 Å². The van der Waals surface area contributed by atoms with E-state index in [0.717, 1.165) is 16.9 Å². The van der Waals surface area contributed by atoms with Crippen LogP contribution in [0.4, 0.5) is 5.69 Å². The number of amides is 1. The molecule has 1 heterocycles. The minimum absolute atomic E-state index is 0.0487. The molecule has 2 rings (SSSR count). The number of carbonyl (C=O) groups excluding carboxylic acids is 1. The van der Waals surface area contributed by atoms with Gasteiger partial charge in [-0.1, -0.05) is 23.8 Å². The van der Waals surface area contributed by atoms with Crippen LogP contribution in [0.3, 0.4) is 0 Å². The summed E-state index contributed by atoms with van der Waals surface area (Å²) >= 11 is 0. The summed E-state index contributed by atoms with van der Waals surface area (Å²) in [7, 11) is 0. The van der Waals surface area contributed by atoms with Gasteiger partial charge in [0.15, 0.2) is 0 Å². The molecule has 0 bridgehead atoms. The highest BCUT2D eigenvalue weighted by Crippen LogP contribution is 2.09. The van der Waals surface area contributed by atoms with Crippen molar-refractivity contribution >= 4 is 11.6 Å². The zero-order chi connectivity index (χ0) is 15.2. The number of aromatic nitrogens is 1. The molecule has 0 radical (unpaired) electrons. The maximum Gasteiger partial charge on any atom is 0.241 e. The molecule has 0 saturated heterocycles. The van der Waals surface area contributed by atoms with Crippen LogP contribution in [0.5, 0.6) is 0 Å². The zero-order valence-electron chi connectivity index (χ0n) is 12.7. The quantitative estimate of drug-likeness (QED) is 0.887. The Bertz CT molecular complexity index is 608. The van der Waals surface area contributed by atoms with Crippen LogP contribution >= 0.6 is 0 Å². The van der Waals surface area contributed by atoms with Crippen LogP contribution in [-0.2, 0) is 11.3 Å². The van der Waals surface area contributed by atoms with Gasteiger partial charge >= 0.3 is 0 Å². The lowest BCUT2D eigenvalue weighted by Gasteiger charge is -2.14. The molecule has 0 aliphatic heterocycles. The third-order valence-corrected chi connectivity index (χ3v) is 3.41. The van der Waals surface area contributed by atoms with Gasteiger partial charge in [-0.05, 0) is 44.5 Å². The number of nitrogens with zero attached hydrogens (tertiary/aromatic N) is 1. The molecule has 1 unspecified atom stereocenters. The molecule has 4 nitrogen and oxygen atoms in total. The summed E-state index contributed by atoms with van der Waals surface area (Å²) in [6, 6.07) is 11.4. The van der Waals surface area contributed by atoms with Crippen LogP contribution in [0.1, 0.15) is 23.7 Å². The van der Waals surface area contributed by atoms with Crippen molar-refractivity contribution in [3.05, 3.63) is 59.4 Å². The fraction of sp³-hybridized carbons (Fsp3) is 0.294. The van der Waals surface area contributed by atoms with Crippen molar-refractivity contribution in [1.29, 1.82) is 0 Å². The predicted octanol–water partition coefficient (Wildman–Crippen LogP) is 2.82. The smallest absolute Gasteiger partial charge is 0.241 e. The van der Waals surface area contributed by atoms with Gasteiger partial charge in [-0.15, -0.1) is 0 Å². The highest BCUT2D eigenvalue weighted by molar-refractivity contribution is 5.94. The molecule has 1 amide bonds. The lowest BCUT2D eigenvalue weighted by molar-refractivity contribution is -0.117. The lowest BCUT2D eigenvalue weighted by Crippen LogP contribution is -2.37. The Morgan fingerprint density at radius 2 is 1.90 bits per heavy atom. The van der Waals surface area contributed by atoms with Gasteiger partial charge in [0.25, 0.3) is 0 Å². The minimum atomic E-state index is -0.285. The Morgan fingerprint density at radius 1 is 1.19 bits per heavy atom. The van der Waals surface area contributed by atoms with Gasteiger partial charge in [-0.3, -0.25) is 9.78 Å². The minimum Gasteiger partial charge on any atom is -0.325 e. The van der Waals surface area contributed by atoms with Crippen LogP contribution in [0.2, 0.25) is 0 Å². The molecule has 1 aromatic carbocycles. The van der Waals surface area contributed by atoms with Crippen molar-refractivity contribution < 1.29 is 4.79 Å². The molecule has 110 valence electrons. The van der Waals surface area contributed by atoms with E-state index < -0.39 is 0 Å². The summed E-state index contributed by atoms with van der Waals surface area (Å²) in [6.45, 7) is 6.46. The average Bonchev–Trinajstić information content (AvgIpc) is 2.48. The molecular weight excluding hydrogens is 262 g/mol. The Hall–Kier alpha value is -2.20. The number of hydrogen-bond donors (Lipinski definition) is 2. The van der Waals surface area contributed by atoms with Crippen LogP contribution in [0.15, 0.2) is 42.6 Å². The van der Waals surface area contributed by atoms with Gasteiger partial charge in [-0.25, -0.2) is 0 Å². The van der Waals surface area contributed by atoms with Gasteiger partial charge in [0.2, 0.25) is 5.91 Å². The first-order valence-corrected chi connectivity index (χ1v) is 7.07. The molecule has 0 fully saturated rings. The van der Waals surface area contributed by atoms with E-state index in [1.165, 1.54) is 5.56 Å². The van der Waals surface area contributed by atoms with Crippen molar-refractivity contribution in [3.8, 4) is 0 Å². The molecule has 0 aliphatic rings. The summed E-state index contributed by atoms with van der Waals surface area (Å²) in [5.41, 5.74) is 4.07. The van der Waals surface area contributed by atoms with Gasteiger partial charge in [0, 0.05) is 18.4 Å². The van der Waals surface area contributed by atoms with Crippen LogP contribution in [0, 0.1) is 13.8 Å². The maximum absolute atomic E-state index is 12.1. The van der Waals surface area contributed by atoms with Crippen molar-refractivity contribution in [3.63, 3.8) is 0 Å². The summed E-state index contributed by atoms with van der Waals surface area (Å²) in [5, 5.41) is 6.09. The van der Waals surface area contributed by atoms with E-state index in [1.807, 2.05) is 57.2 Å². The monoisotopic (exact) mass is 283 g/mol. The number of benzene rings is 1. The van der Waals surface area contributed by atoms with E-state index in [0.29, 0.717) is 6.54 Å². The van der Waals surface area contributed by atoms with Crippen LogP contribution < -0.4 is 10.6 Å². The van der Waals surface area contributed by atoms with Crippen LogP contribution in [-0.4, -0.2) is 16.9 Å². The molecule has 0 spiro atoms. The Labute approximate surface area is 125 Å². The second-order valence-corrected chi connectivity index (χ2v) is 5.22. The second-order valence-electron chi connectivity index (χ2n) is 5.22.